The normalized spacial score (nSPS) is 13.7. The summed E-state index contributed by atoms with van der Waals surface area (Å²) in [4.78, 5) is 0. The quantitative estimate of drug-likeness (QED) is 0.875. The molecule has 3 nitrogen and oxygen atoms in total. The summed E-state index contributed by atoms with van der Waals surface area (Å²) in [7, 11) is 0. The summed E-state index contributed by atoms with van der Waals surface area (Å²) in [6, 6.07) is 8.92. The molecule has 0 saturated carbocycles. The third-order valence-corrected chi connectivity index (χ3v) is 3.98. The largest absolute Gasteiger partial charge is 0.486 e. The highest BCUT2D eigenvalue weighted by Crippen LogP contribution is 2.26. The maximum Gasteiger partial charge on any atom is 0.146 e. The van der Waals surface area contributed by atoms with Crippen molar-refractivity contribution in [1.29, 1.82) is 0 Å². The second kappa shape index (κ2) is 6.35. The average Bonchev–Trinajstić information content (AvgIpc) is 3.11. The molecule has 0 aliphatic heterocycles. The standard InChI is InChI=1S/C18H23NO2/c1-13(2)19-11-16-8-9-20-18(16)12-21-17-7-6-14-4-3-5-15(14)10-17/h6-10,13,19H,3-5,11-12H2,1-2H3. The molecule has 21 heavy (non-hydrogen) atoms. The van der Waals surface area contributed by atoms with Gasteiger partial charge in [0, 0.05) is 18.2 Å². The van der Waals surface area contributed by atoms with E-state index < -0.39 is 0 Å². The zero-order valence-electron chi connectivity index (χ0n) is 12.8. The highest BCUT2D eigenvalue weighted by Gasteiger charge is 2.12. The average molecular weight is 285 g/mol. The van der Waals surface area contributed by atoms with Crippen LogP contribution in [0.1, 0.15) is 42.7 Å². The van der Waals surface area contributed by atoms with Crippen LogP contribution in [0.15, 0.2) is 34.9 Å². The van der Waals surface area contributed by atoms with Crippen LogP contribution in [0.5, 0.6) is 5.75 Å². The van der Waals surface area contributed by atoms with E-state index in [1.807, 2.05) is 6.07 Å². The van der Waals surface area contributed by atoms with Crippen LogP contribution in [0.25, 0.3) is 0 Å². The van der Waals surface area contributed by atoms with Crippen molar-refractivity contribution in [2.24, 2.45) is 0 Å². The van der Waals surface area contributed by atoms with Crippen LogP contribution >= 0.6 is 0 Å². The molecule has 0 saturated heterocycles. The fourth-order valence-corrected chi connectivity index (χ4v) is 2.75. The minimum atomic E-state index is 0.463. The van der Waals surface area contributed by atoms with Crippen molar-refractivity contribution >= 4 is 0 Å². The van der Waals surface area contributed by atoms with Crippen molar-refractivity contribution in [2.45, 2.75) is 52.3 Å². The van der Waals surface area contributed by atoms with Crippen LogP contribution in [0.2, 0.25) is 0 Å². The molecule has 0 fully saturated rings. The molecule has 2 aromatic rings. The molecule has 0 spiro atoms. The molecule has 0 bridgehead atoms. The molecular weight excluding hydrogens is 262 g/mol. The van der Waals surface area contributed by atoms with E-state index in [-0.39, 0.29) is 0 Å². The molecule has 0 atom stereocenters. The van der Waals surface area contributed by atoms with Gasteiger partial charge in [0.2, 0.25) is 0 Å². The van der Waals surface area contributed by atoms with Gasteiger partial charge >= 0.3 is 0 Å². The number of rotatable bonds is 6. The van der Waals surface area contributed by atoms with Crippen LogP contribution in [0.3, 0.4) is 0 Å². The van der Waals surface area contributed by atoms with Gasteiger partial charge in [-0.3, -0.25) is 0 Å². The third kappa shape index (κ3) is 3.48. The lowest BCUT2D eigenvalue weighted by Crippen LogP contribution is -2.22. The van der Waals surface area contributed by atoms with Gasteiger partial charge in [-0.2, -0.15) is 0 Å². The van der Waals surface area contributed by atoms with Crippen LogP contribution in [-0.4, -0.2) is 6.04 Å². The first-order chi connectivity index (χ1) is 10.2. The van der Waals surface area contributed by atoms with Gasteiger partial charge in [-0.1, -0.05) is 19.9 Å². The van der Waals surface area contributed by atoms with E-state index in [1.165, 1.54) is 36.0 Å². The molecule has 3 heteroatoms. The first-order valence-corrected chi connectivity index (χ1v) is 7.75. The Hall–Kier alpha value is -1.74. The Morgan fingerprint density at radius 2 is 2.05 bits per heavy atom. The van der Waals surface area contributed by atoms with Crippen LogP contribution in [0, 0.1) is 0 Å². The van der Waals surface area contributed by atoms with Gasteiger partial charge in [0.15, 0.2) is 0 Å². The Morgan fingerprint density at radius 3 is 2.90 bits per heavy atom. The maximum atomic E-state index is 5.90. The van der Waals surface area contributed by atoms with E-state index in [0.29, 0.717) is 12.6 Å². The number of furan rings is 1. The SMILES string of the molecule is CC(C)NCc1ccoc1COc1ccc2c(c1)CCC2. The lowest BCUT2D eigenvalue weighted by Gasteiger charge is -2.10. The maximum absolute atomic E-state index is 5.90. The van der Waals surface area contributed by atoms with Crippen molar-refractivity contribution < 1.29 is 9.15 Å². The highest BCUT2D eigenvalue weighted by atomic mass is 16.5. The van der Waals surface area contributed by atoms with Crippen molar-refractivity contribution in [3.8, 4) is 5.75 Å². The van der Waals surface area contributed by atoms with Crippen molar-refractivity contribution in [3.63, 3.8) is 0 Å². The van der Waals surface area contributed by atoms with E-state index in [2.05, 4.69) is 37.4 Å². The molecule has 1 N–H and O–H groups in total. The topological polar surface area (TPSA) is 34.4 Å². The smallest absolute Gasteiger partial charge is 0.146 e. The lowest BCUT2D eigenvalue weighted by molar-refractivity contribution is 0.267. The first kappa shape index (κ1) is 14.2. The van der Waals surface area contributed by atoms with E-state index in [4.69, 9.17) is 9.15 Å². The summed E-state index contributed by atoms with van der Waals surface area (Å²) in [6.07, 6.45) is 5.39. The molecule has 1 aliphatic carbocycles. The lowest BCUT2D eigenvalue weighted by atomic mass is 10.1. The summed E-state index contributed by atoms with van der Waals surface area (Å²) in [5.74, 6) is 1.85. The minimum Gasteiger partial charge on any atom is -0.486 e. The molecule has 3 rings (SSSR count). The predicted octanol–water partition coefficient (Wildman–Crippen LogP) is 3.85. The van der Waals surface area contributed by atoms with Crippen LogP contribution in [0.4, 0.5) is 0 Å². The van der Waals surface area contributed by atoms with Gasteiger partial charge in [-0.15, -0.1) is 0 Å². The summed E-state index contributed by atoms with van der Waals surface area (Å²) in [5, 5.41) is 3.40. The Kier molecular flexibility index (Phi) is 4.30. The monoisotopic (exact) mass is 285 g/mol. The Morgan fingerprint density at radius 1 is 1.19 bits per heavy atom. The number of benzene rings is 1. The van der Waals surface area contributed by atoms with E-state index in [0.717, 1.165) is 18.1 Å². The zero-order valence-corrected chi connectivity index (χ0v) is 12.8. The zero-order chi connectivity index (χ0) is 14.7. The predicted molar refractivity (Wildman–Crippen MR) is 83.5 cm³/mol. The van der Waals surface area contributed by atoms with E-state index in [9.17, 15) is 0 Å². The fourth-order valence-electron chi connectivity index (χ4n) is 2.75. The van der Waals surface area contributed by atoms with Gasteiger partial charge < -0.3 is 14.5 Å². The summed E-state index contributed by atoms with van der Waals surface area (Å²) in [5.41, 5.74) is 4.08. The van der Waals surface area contributed by atoms with Crippen molar-refractivity contribution in [1.82, 2.24) is 5.32 Å². The molecule has 1 aliphatic rings. The summed E-state index contributed by atoms with van der Waals surface area (Å²) in [6.45, 7) is 5.58. The van der Waals surface area contributed by atoms with Gasteiger partial charge in [-0.25, -0.2) is 0 Å². The second-order valence-corrected chi connectivity index (χ2v) is 5.98. The van der Waals surface area contributed by atoms with Crippen molar-refractivity contribution in [3.05, 3.63) is 53.0 Å². The molecule has 112 valence electrons. The Balaban J connectivity index is 1.61. The number of nitrogens with one attached hydrogen (secondary N) is 1. The molecule has 0 unspecified atom stereocenters. The minimum absolute atomic E-state index is 0.463. The molecule has 0 radical (unpaired) electrons. The number of fused-ring (bicyclic) bond motifs is 1. The van der Waals surface area contributed by atoms with Crippen molar-refractivity contribution in [2.75, 3.05) is 0 Å². The highest BCUT2D eigenvalue weighted by molar-refractivity contribution is 5.38. The summed E-state index contributed by atoms with van der Waals surface area (Å²) >= 11 is 0. The number of hydrogen-bond donors (Lipinski definition) is 1. The van der Waals surface area contributed by atoms with Gasteiger partial charge in [0.1, 0.15) is 18.1 Å². The molecule has 1 aromatic heterocycles. The molecule has 1 heterocycles. The third-order valence-electron chi connectivity index (χ3n) is 3.98. The first-order valence-electron chi connectivity index (χ1n) is 7.75. The molecule has 1 aromatic carbocycles. The van der Waals surface area contributed by atoms with Crippen LogP contribution in [-0.2, 0) is 26.0 Å². The Bertz CT molecular complexity index is 601. The molecule has 0 amide bonds. The fraction of sp³-hybridized carbons (Fsp3) is 0.444. The number of hydrogen-bond acceptors (Lipinski definition) is 3. The Labute approximate surface area is 126 Å². The van der Waals surface area contributed by atoms with Crippen LogP contribution < -0.4 is 10.1 Å². The summed E-state index contributed by atoms with van der Waals surface area (Å²) < 4.78 is 11.4. The number of ether oxygens (including phenoxy) is 1. The van der Waals surface area contributed by atoms with Gasteiger partial charge in [0.25, 0.3) is 0 Å². The second-order valence-electron chi connectivity index (χ2n) is 5.98. The van der Waals surface area contributed by atoms with E-state index in [1.54, 1.807) is 6.26 Å². The molecular formula is C18H23NO2. The number of aryl methyl sites for hydroxylation is 2. The van der Waals surface area contributed by atoms with Gasteiger partial charge in [-0.05, 0) is 48.6 Å². The van der Waals surface area contributed by atoms with Gasteiger partial charge in [0.05, 0.1) is 6.26 Å². The van der Waals surface area contributed by atoms with E-state index >= 15 is 0 Å².